The van der Waals surface area contributed by atoms with Crippen LogP contribution in [0.15, 0.2) is 48.5 Å². The van der Waals surface area contributed by atoms with Gasteiger partial charge in [0.05, 0.1) is 9.75 Å². The molecular weight excluding hydrogens is 409 g/mol. The fourth-order valence-electron chi connectivity index (χ4n) is 4.93. The molecular formula is C27H35Cl2N. The highest BCUT2D eigenvalue weighted by Crippen LogP contribution is 2.58. The van der Waals surface area contributed by atoms with E-state index in [0.29, 0.717) is 6.04 Å². The topological polar surface area (TPSA) is 3.24 Å². The van der Waals surface area contributed by atoms with Gasteiger partial charge in [-0.15, -0.1) is 23.2 Å². The third-order valence-corrected chi connectivity index (χ3v) is 8.33. The second-order valence-electron chi connectivity index (χ2n) is 9.23. The minimum atomic E-state index is -0.132. The van der Waals surface area contributed by atoms with Crippen molar-refractivity contribution in [1.82, 2.24) is 4.90 Å². The zero-order valence-electron chi connectivity index (χ0n) is 18.5. The summed E-state index contributed by atoms with van der Waals surface area (Å²) >= 11 is 13.8. The fourth-order valence-corrected chi connectivity index (χ4v) is 5.47. The van der Waals surface area contributed by atoms with Gasteiger partial charge in [0.15, 0.2) is 0 Å². The van der Waals surface area contributed by atoms with Crippen LogP contribution in [0.4, 0.5) is 0 Å². The fraction of sp³-hybridized carbons (Fsp3) is 0.556. The van der Waals surface area contributed by atoms with E-state index in [1.807, 2.05) is 0 Å². The summed E-state index contributed by atoms with van der Waals surface area (Å²) in [5.41, 5.74) is 5.59. The summed E-state index contributed by atoms with van der Waals surface area (Å²) in [6, 6.07) is 18.1. The second-order valence-corrected chi connectivity index (χ2v) is 10.7. The Labute approximate surface area is 192 Å². The molecule has 0 amide bonds. The zero-order valence-corrected chi connectivity index (χ0v) is 20.0. The molecule has 0 aliphatic heterocycles. The summed E-state index contributed by atoms with van der Waals surface area (Å²) in [5, 5.41) is 0. The molecule has 1 unspecified atom stereocenters. The Balaban J connectivity index is 1.48. The van der Waals surface area contributed by atoms with Crippen LogP contribution in [0.1, 0.15) is 74.6 Å². The number of hydrogen-bond acceptors (Lipinski definition) is 1. The summed E-state index contributed by atoms with van der Waals surface area (Å²) in [5.74, 6) is 0. The Hall–Kier alpha value is -1.02. The summed E-state index contributed by atoms with van der Waals surface area (Å²) < 4.78 is 0. The highest BCUT2D eigenvalue weighted by Gasteiger charge is 2.48. The summed E-state index contributed by atoms with van der Waals surface area (Å²) in [4.78, 5) is 2.40. The molecule has 0 spiro atoms. The van der Waals surface area contributed by atoms with E-state index in [1.54, 1.807) is 0 Å². The number of alkyl halides is 2. The molecule has 2 aromatic carbocycles. The summed E-state index contributed by atoms with van der Waals surface area (Å²) in [7, 11) is 0. The van der Waals surface area contributed by atoms with Crippen molar-refractivity contribution >= 4 is 23.2 Å². The first-order valence-corrected chi connectivity index (χ1v) is 12.5. The van der Waals surface area contributed by atoms with E-state index in [-0.39, 0.29) is 9.75 Å². The van der Waals surface area contributed by atoms with Crippen molar-refractivity contribution in [1.29, 1.82) is 0 Å². The monoisotopic (exact) mass is 443 g/mol. The molecule has 2 aliphatic carbocycles. The van der Waals surface area contributed by atoms with E-state index in [0.717, 1.165) is 51.6 Å². The Kier molecular flexibility index (Phi) is 6.82. The van der Waals surface area contributed by atoms with Gasteiger partial charge in [0.25, 0.3) is 0 Å². The molecule has 0 radical (unpaired) electrons. The number of benzene rings is 2. The van der Waals surface area contributed by atoms with Gasteiger partial charge in [0.2, 0.25) is 0 Å². The Morgan fingerprint density at radius 1 is 0.833 bits per heavy atom. The molecule has 1 nitrogen and oxygen atoms in total. The SMILES string of the molecule is CCC(CCc1c(C2(Cl)CC2)cccc1C1(Cl)CC1)N(CC)CCc1ccccc1. The lowest BCUT2D eigenvalue weighted by Gasteiger charge is -2.31. The van der Waals surface area contributed by atoms with E-state index in [4.69, 9.17) is 23.2 Å². The molecule has 3 heteroatoms. The van der Waals surface area contributed by atoms with Gasteiger partial charge in [-0.3, -0.25) is 0 Å². The Bertz CT molecular complexity index is 803. The lowest BCUT2D eigenvalue weighted by molar-refractivity contribution is 0.193. The van der Waals surface area contributed by atoms with Crippen LogP contribution < -0.4 is 0 Å². The predicted octanol–water partition coefficient (Wildman–Crippen LogP) is 7.42. The van der Waals surface area contributed by atoms with Crippen molar-refractivity contribution in [3.63, 3.8) is 0 Å². The molecule has 0 saturated heterocycles. The smallest absolute Gasteiger partial charge is 0.0699 e. The molecule has 2 aliphatic rings. The molecule has 0 aromatic heterocycles. The normalized spacial score (nSPS) is 19.6. The minimum absolute atomic E-state index is 0.132. The highest BCUT2D eigenvalue weighted by molar-refractivity contribution is 6.27. The Morgan fingerprint density at radius 2 is 1.43 bits per heavy atom. The lowest BCUT2D eigenvalue weighted by Crippen LogP contribution is -2.37. The highest BCUT2D eigenvalue weighted by atomic mass is 35.5. The first-order valence-electron chi connectivity index (χ1n) is 11.8. The maximum atomic E-state index is 6.92. The molecule has 0 N–H and O–H groups in total. The van der Waals surface area contributed by atoms with Crippen LogP contribution in [0.25, 0.3) is 0 Å². The number of nitrogens with zero attached hydrogens (tertiary/aromatic N) is 1. The van der Waals surface area contributed by atoms with Crippen molar-refractivity contribution in [3.05, 3.63) is 70.8 Å². The second kappa shape index (κ2) is 9.23. The molecule has 162 valence electrons. The predicted molar refractivity (Wildman–Crippen MR) is 130 cm³/mol. The van der Waals surface area contributed by atoms with Crippen molar-refractivity contribution in [2.45, 2.75) is 81.0 Å². The molecule has 0 heterocycles. The van der Waals surface area contributed by atoms with Crippen LogP contribution in [0.3, 0.4) is 0 Å². The van der Waals surface area contributed by atoms with E-state index < -0.39 is 0 Å². The van der Waals surface area contributed by atoms with Gasteiger partial charge >= 0.3 is 0 Å². The third-order valence-electron chi connectivity index (χ3n) is 7.17. The third kappa shape index (κ3) is 4.90. The lowest BCUT2D eigenvalue weighted by atomic mass is 9.89. The van der Waals surface area contributed by atoms with Gasteiger partial charge in [0.1, 0.15) is 0 Å². The van der Waals surface area contributed by atoms with Crippen molar-refractivity contribution in [3.8, 4) is 0 Å². The van der Waals surface area contributed by atoms with Crippen LogP contribution >= 0.6 is 23.2 Å². The van der Waals surface area contributed by atoms with Crippen LogP contribution in [-0.2, 0) is 22.6 Å². The average Bonchev–Trinajstić information content (AvgIpc) is 3.70. The number of likely N-dealkylation sites (N-methyl/N-ethyl adjacent to an activating group) is 1. The first-order chi connectivity index (χ1) is 14.5. The van der Waals surface area contributed by atoms with Gasteiger partial charge in [-0.1, -0.05) is 62.4 Å². The van der Waals surface area contributed by atoms with Crippen LogP contribution in [0.2, 0.25) is 0 Å². The van der Waals surface area contributed by atoms with Crippen molar-refractivity contribution in [2.24, 2.45) is 0 Å². The first kappa shape index (κ1) is 22.2. The minimum Gasteiger partial charge on any atom is -0.300 e. The van der Waals surface area contributed by atoms with E-state index >= 15 is 0 Å². The molecule has 2 aromatic rings. The number of halogens is 2. The quantitative estimate of drug-likeness (QED) is 0.326. The molecule has 2 fully saturated rings. The summed E-state index contributed by atoms with van der Waals surface area (Å²) in [6.07, 6.45) is 8.91. The largest absolute Gasteiger partial charge is 0.300 e. The average molecular weight is 444 g/mol. The number of hydrogen-bond donors (Lipinski definition) is 0. The number of rotatable bonds is 11. The Morgan fingerprint density at radius 3 is 1.93 bits per heavy atom. The van der Waals surface area contributed by atoms with E-state index in [9.17, 15) is 0 Å². The van der Waals surface area contributed by atoms with Gasteiger partial charge in [0, 0.05) is 12.6 Å². The van der Waals surface area contributed by atoms with Gasteiger partial charge in [-0.25, -0.2) is 0 Å². The molecule has 1 atom stereocenters. The van der Waals surface area contributed by atoms with E-state index in [1.165, 1.54) is 35.1 Å². The van der Waals surface area contributed by atoms with Crippen LogP contribution in [0.5, 0.6) is 0 Å². The van der Waals surface area contributed by atoms with Gasteiger partial charge in [-0.2, -0.15) is 0 Å². The van der Waals surface area contributed by atoms with Crippen molar-refractivity contribution in [2.75, 3.05) is 13.1 Å². The van der Waals surface area contributed by atoms with Crippen LogP contribution in [0, 0.1) is 0 Å². The van der Waals surface area contributed by atoms with E-state index in [2.05, 4.69) is 67.3 Å². The standard InChI is InChI=1S/C27H35Cl2N/c1-3-22(30(4-2)20-15-21-9-6-5-7-10-21)13-14-23-24(26(28)16-17-26)11-8-12-25(23)27(29)18-19-27/h5-12,22H,3-4,13-20H2,1-2H3. The molecule has 2 saturated carbocycles. The zero-order chi connectivity index (χ0) is 21.2. The maximum Gasteiger partial charge on any atom is 0.0699 e. The van der Waals surface area contributed by atoms with Crippen molar-refractivity contribution < 1.29 is 0 Å². The maximum absolute atomic E-state index is 6.92. The van der Waals surface area contributed by atoms with Gasteiger partial charge in [-0.05, 0) is 80.2 Å². The molecule has 30 heavy (non-hydrogen) atoms. The molecule has 4 rings (SSSR count). The molecule has 0 bridgehead atoms. The van der Waals surface area contributed by atoms with Gasteiger partial charge < -0.3 is 4.90 Å². The van der Waals surface area contributed by atoms with Crippen LogP contribution in [-0.4, -0.2) is 24.0 Å². The summed E-state index contributed by atoms with van der Waals surface area (Å²) in [6.45, 7) is 6.84.